The van der Waals surface area contributed by atoms with Crippen LogP contribution < -0.4 is 5.11 Å². The first kappa shape index (κ1) is 10.4. The molecule has 13 heavy (non-hydrogen) atoms. The third-order valence-electron chi connectivity index (χ3n) is 1.34. The SMILES string of the molecule is O=C(O)c1c([O-])c(Cl)cc(Cl)c1Cl. The molecule has 0 heterocycles. The Morgan fingerprint density at radius 2 is 1.85 bits per heavy atom. The smallest absolute Gasteiger partial charge is 0.336 e. The lowest BCUT2D eigenvalue weighted by atomic mass is 10.2. The molecule has 0 fully saturated rings. The van der Waals surface area contributed by atoms with E-state index in [2.05, 4.69) is 0 Å². The molecule has 0 spiro atoms. The van der Waals surface area contributed by atoms with Crippen molar-refractivity contribution in [1.82, 2.24) is 0 Å². The average molecular weight is 240 g/mol. The van der Waals surface area contributed by atoms with Gasteiger partial charge >= 0.3 is 5.97 Å². The van der Waals surface area contributed by atoms with Gasteiger partial charge in [0.15, 0.2) is 0 Å². The van der Waals surface area contributed by atoms with Gasteiger partial charge in [-0.15, -0.1) is 0 Å². The largest absolute Gasteiger partial charge is 0.871 e. The number of hydrogen-bond acceptors (Lipinski definition) is 2. The van der Waals surface area contributed by atoms with Crippen LogP contribution in [0.5, 0.6) is 5.75 Å². The zero-order valence-electron chi connectivity index (χ0n) is 5.97. The van der Waals surface area contributed by atoms with E-state index in [0.29, 0.717) is 0 Å². The van der Waals surface area contributed by atoms with Crippen LogP contribution >= 0.6 is 34.8 Å². The van der Waals surface area contributed by atoms with Crippen LogP contribution in [0.15, 0.2) is 6.07 Å². The van der Waals surface area contributed by atoms with Gasteiger partial charge in [0.1, 0.15) is 0 Å². The third-order valence-corrected chi connectivity index (χ3v) is 2.41. The molecule has 0 amide bonds. The van der Waals surface area contributed by atoms with Crippen LogP contribution in [0.25, 0.3) is 0 Å². The number of rotatable bonds is 1. The Balaban J connectivity index is 3.56. The molecule has 0 aliphatic heterocycles. The summed E-state index contributed by atoms with van der Waals surface area (Å²) in [5, 5.41) is 19.1. The van der Waals surface area contributed by atoms with Crippen molar-refractivity contribution in [2.75, 3.05) is 0 Å². The van der Waals surface area contributed by atoms with Gasteiger partial charge in [-0.05, 0) is 6.07 Å². The van der Waals surface area contributed by atoms with E-state index in [9.17, 15) is 9.90 Å². The molecule has 1 N–H and O–H groups in total. The number of carboxylic acid groups (broad SMARTS) is 1. The average Bonchev–Trinajstić information content (AvgIpc) is 2.01. The molecule has 0 aliphatic rings. The normalized spacial score (nSPS) is 10.1. The molecule has 0 aliphatic carbocycles. The van der Waals surface area contributed by atoms with Crippen LogP contribution in [0, 0.1) is 0 Å². The summed E-state index contributed by atoms with van der Waals surface area (Å²) in [6, 6.07) is 1.11. The fourth-order valence-corrected chi connectivity index (χ4v) is 1.45. The lowest BCUT2D eigenvalue weighted by Crippen LogP contribution is -2.05. The molecule has 6 heteroatoms. The lowest BCUT2D eigenvalue weighted by Gasteiger charge is -2.14. The van der Waals surface area contributed by atoms with Crippen molar-refractivity contribution in [3.63, 3.8) is 0 Å². The van der Waals surface area contributed by atoms with Crippen LogP contribution in [-0.2, 0) is 0 Å². The predicted molar refractivity (Wildman–Crippen MR) is 47.9 cm³/mol. The van der Waals surface area contributed by atoms with Crippen molar-refractivity contribution in [1.29, 1.82) is 0 Å². The van der Waals surface area contributed by atoms with Crippen LogP contribution in [-0.4, -0.2) is 11.1 Å². The number of hydrogen-bond donors (Lipinski definition) is 1. The molecule has 0 unspecified atom stereocenters. The van der Waals surface area contributed by atoms with Crippen LogP contribution in [0.1, 0.15) is 10.4 Å². The maximum Gasteiger partial charge on any atom is 0.336 e. The molecule has 0 bridgehead atoms. The number of carbonyl (C=O) groups is 1. The maximum atomic E-state index is 11.1. The molecule has 1 aromatic carbocycles. The number of aromatic carboxylic acids is 1. The zero-order valence-corrected chi connectivity index (χ0v) is 8.24. The Labute approximate surface area is 88.5 Å². The summed E-state index contributed by atoms with van der Waals surface area (Å²) < 4.78 is 0. The van der Waals surface area contributed by atoms with Gasteiger partial charge < -0.3 is 10.2 Å². The topological polar surface area (TPSA) is 60.4 Å². The van der Waals surface area contributed by atoms with E-state index in [1.165, 1.54) is 0 Å². The molecule has 0 saturated carbocycles. The van der Waals surface area contributed by atoms with Gasteiger partial charge in [0, 0.05) is 5.02 Å². The minimum Gasteiger partial charge on any atom is -0.871 e. The number of carboxylic acids is 1. The van der Waals surface area contributed by atoms with E-state index in [0.717, 1.165) is 6.07 Å². The van der Waals surface area contributed by atoms with Gasteiger partial charge in [0.25, 0.3) is 0 Å². The highest BCUT2D eigenvalue weighted by Gasteiger charge is 2.14. The summed E-state index contributed by atoms with van der Waals surface area (Å²) in [6.07, 6.45) is 0. The minimum absolute atomic E-state index is 0.0522. The van der Waals surface area contributed by atoms with Crippen molar-refractivity contribution >= 4 is 40.8 Å². The summed E-state index contributed by atoms with van der Waals surface area (Å²) >= 11 is 16.4. The highest BCUT2D eigenvalue weighted by Crippen LogP contribution is 2.36. The van der Waals surface area contributed by atoms with Crippen LogP contribution in [0.2, 0.25) is 15.1 Å². The first-order valence-electron chi connectivity index (χ1n) is 3.03. The Kier molecular flexibility index (Phi) is 2.91. The molecule has 0 atom stereocenters. The second-order valence-electron chi connectivity index (χ2n) is 2.16. The van der Waals surface area contributed by atoms with Gasteiger partial charge in [-0.25, -0.2) is 4.79 Å². The van der Waals surface area contributed by atoms with Gasteiger partial charge in [-0.2, -0.15) is 0 Å². The van der Waals surface area contributed by atoms with Gasteiger partial charge in [0.2, 0.25) is 0 Å². The predicted octanol–water partition coefficient (Wildman–Crippen LogP) is 2.42. The first-order chi connectivity index (χ1) is 5.95. The summed E-state index contributed by atoms with van der Waals surface area (Å²) in [5.74, 6) is -2.28. The minimum atomic E-state index is -1.44. The van der Waals surface area contributed by atoms with Crippen molar-refractivity contribution in [2.24, 2.45) is 0 Å². The quantitative estimate of drug-likeness (QED) is 0.767. The molecule has 70 valence electrons. The molecule has 0 aromatic heterocycles. The van der Waals surface area contributed by atoms with Crippen molar-refractivity contribution in [3.05, 3.63) is 26.7 Å². The Hall–Kier alpha value is -0.640. The van der Waals surface area contributed by atoms with Crippen LogP contribution in [0.4, 0.5) is 0 Å². The van der Waals surface area contributed by atoms with Gasteiger partial charge in [0.05, 0.1) is 15.6 Å². The summed E-state index contributed by atoms with van der Waals surface area (Å²) in [7, 11) is 0. The number of halogens is 3. The van der Waals surface area contributed by atoms with E-state index in [1.807, 2.05) is 0 Å². The van der Waals surface area contributed by atoms with Gasteiger partial charge in [-0.3, -0.25) is 0 Å². The number of benzene rings is 1. The molecule has 1 aromatic rings. The summed E-state index contributed by atoms with van der Waals surface area (Å²) in [5.41, 5.74) is -0.598. The van der Waals surface area contributed by atoms with Crippen molar-refractivity contribution in [2.45, 2.75) is 0 Å². The second-order valence-corrected chi connectivity index (χ2v) is 3.36. The first-order valence-corrected chi connectivity index (χ1v) is 4.16. The molecular formula is C7H2Cl3O3-. The highest BCUT2D eigenvalue weighted by atomic mass is 35.5. The van der Waals surface area contributed by atoms with Crippen molar-refractivity contribution < 1.29 is 15.0 Å². The Bertz CT molecular complexity index is 349. The van der Waals surface area contributed by atoms with E-state index in [-0.39, 0.29) is 15.1 Å². The monoisotopic (exact) mass is 239 g/mol. The zero-order chi connectivity index (χ0) is 10.2. The molecule has 0 saturated heterocycles. The molecule has 1 rings (SSSR count). The lowest BCUT2D eigenvalue weighted by molar-refractivity contribution is -0.268. The van der Waals surface area contributed by atoms with E-state index in [4.69, 9.17) is 39.9 Å². The van der Waals surface area contributed by atoms with E-state index >= 15 is 0 Å². The summed E-state index contributed by atoms with van der Waals surface area (Å²) in [6.45, 7) is 0. The van der Waals surface area contributed by atoms with Gasteiger partial charge in [-0.1, -0.05) is 40.6 Å². The molecular weight excluding hydrogens is 238 g/mol. The Morgan fingerprint density at radius 1 is 1.31 bits per heavy atom. The summed E-state index contributed by atoms with van der Waals surface area (Å²) in [4.78, 5) is 10.5. The fourth-order valence-electron chi connectivity index (χ4n) is 0.770. The third kappa shape index (κ3) is 1.82. The second kappa shape index (κ2) is 3.62. The Morgan fingerprint density at radius 3 is 2.31 bits per heavy atom. The van der Waals surface area contributed by atoms with Crippen molar-refractivity contribution in [3.8, 4) is 5.75 Å². The van der Waals surface area contributed by atoms with E-state index in [1.54, 1.807) is 0 Å². The molecule has 3 nitrogen and oxygen atoms in total. The van der Waals surface area contributed by atoms with Crippen LogP contribution in [0.3, 0.4) is 0 Å². The fraction of sp³-hybridized carbons (Fsp3) is 0. The maximum absolute atomic E-state index is 11.1. The highest BCUT2D eigenvalue weighted by molar-refractivity contribution is 6.45. The standard InChI is InChI=1S/C7H3Cl3O3/c8-2-1-3(9)6(11)4(5(2)10)7(12)13/h1,11H,(H,12,13)/p-1. The van der Waals surface area contributed by atoms with E-state index < -0.39 is 17.3 Å². The molecule has 0 radical (unpaired) electrons.